The molecule has 2 aromatic heterocycles. The Labute approximate surface area is 219 Å². The minimum absolute atomic E-state index is 0.0558. The van der Waals surface area contributed by atoms with Crippen molar-refractivity contribution in [2.45, 2.75) is 101 Å². The molecule has 4 heterocycles. The van der Waals surface area contributed by atoms with Crippen LogP contribution in [0, 0.1) is 5.92 Å². The van der Waals surface area contributed by atoms with E-state index in [9.17, 15) is 9.59 Å². The lowest BCUT2D eigenvalue weighted by Gasteiger charge is -2.42. The van der Waals surface area contributed by atoms with E-state index in [2.05, 4.69) is 24.7 Å². The highest BCUT2D eigenvalue weighted by atomic mass is 16.2. The van der Waals surface area contributed by atoms with Crippen molar-refractivity contribution >= 4 is 28.7 Å². The van der Waals surface area contributed by atoms with Gasteiger partial charge in [0.05, 0.1) is 5.69 Å². The number of anilines is 1. The van der Waals surface area contributed by atoms with Crippen molar-refractivity contribution < 1.29 is 9.59 Å². The zero-order valence-corrected chi connectivity index (χ0v) is 22.0. The van der Waals surface area contributed by atoms with Gasteiger partial charge in [0, 0.05) is 67.7 Å². The molecule has 0 unspecified atom stereocenters. The lowest BCUT2D eigenvalue weighted by molar-refractivity contribution is -0.134. The number of carbonyl (C=O) groups excluding carboxylic acids is 2. The van der Waals surface area contributed by atoms with Gasteiger partial charge >= 0.3 is 0 Å². The van der Waals surface area contributed by atoms with Crippen LogP contribution in [0.4, 0.5) is 5.95 Å². The molecular weight excluding hydrogens is 464 g/mol. The van der Waals surface area contributed by atoms with Gasteiger partial charge in [-0.15, -0.1) is 0 Å². The zero-order valence-electron chi connectivity index (χ0n) is 22.0. The molecule has 5 aliphatic rings. The number of piperazine rings is 1. The average molecular weight is 505 g/mol. The average Bonchev–Trinajstić information content (AvgIpc) is 3.71. The number of hydrogen-bond acceptors (Lipinski definition) is 6. The number of amides is 1. The minimum Gasteiger partial charge on any atom is -0.351 e. The summed E-state index contributed by atoms with van der Waals surface area (Å²) in [6.07, 6.45) is 16.3. The molecule has 4 fully saturated rings. The fourth-order valence-electron chi connectivity index (χ4n) is 7.68. The first-order valence-corrected chi connectivity index (χ1v) is 14.8. The number of hydrogen-bond donors (Lipinski definition) is 1. The highest BCUT2D eigenvalue weighted by molar-refractivity contribution is 6.00. The summed E-state index contributed by atoms with van der Waals surface area (Å²) in [6, 6.07) is 3.03. The maximum Gasteiger partial charge on any atom is 0.225 e. The van der Waals surface area contributed by atoms with Crippen LogP contribution in [0.2, 0.25) is 0 Å². The van der Waals surface area contributed by atoms with Gasteiger partial charge in [-0.1, -0.05) is 19.3 Å². The number of carbonyl (C=O) groups is 2. The Morgan fingerprint density at radius 2 is 1.70 bits per heavy atom. The zero-order chi connectivity index (χ0) is 25.0. The molecule has 0 aromatic carbocycles. The molecule has 3 saturated carbocycles. The van der Waals surface area contributed by atoms with Crippen molar-refractivity contribution in [3.05, 3.63) is 18.0 Å². The first-order valence-electron chi connectivity index (χ1n) is 14.8. The minimum atomic E-state index is 0.0558. The molecule has 3 aliphatic carbocycles. The van der Waals surface area contributed by atoms with Crippen LogP contribution >= 0.6 is 0 Å². The van der Waals surface area contributed by atoms with Gasteiger partial charge in [0.15, 0.2) is 5.78 Å². The number of ketones is 1. The Morgan fingerprint density at radius 1 is 0.946 bits per heavy atom. The second-order valence-electron chi connectivity index (χ2n) is 12.3. The summed E-state index contributed by atoms with van der Waals surface area (Å²) < 4.78 is 2.31. The summed E-state index contributed by atoms with van der Waals surface area (Å²) >= 11 is 0. The van der Waals surface area contributed by atoms with Crippen molar-refractivity contribution in [1.82, 2.24) is 24.3 Å². The van der Waals surface area contributed by atoms with Crippen molar-refractivity contribution in [2.24, 2.45) is 5.92 Å². The number of rotatable bonds is 4. The van der Waals surface area contributed by atoms with Crippen LogP contribution in [0.3, 0.4) is 0 Å². The van der Waals surface area contributed by atoms with Crippen LogP contribution in [0.1, 0.15) is 94.0 Å². The number of nitrogens with zero attached hydrogens (tertiary/aromatic N) is 5. The molecule has 0 bridgehead atoms. The maximum atomic E-state index is 12.8. The Hall–Kier alpha value is -2.48. The van der Waals surface area contributed by atoms with Gasteiger partial charge in [-0.2, -0.15) is 4.98 Å². The van der Waals surface area contributed by atoms with Crippen LogP contribution in [-0.4, -0.2) is 74.3 Å². The lowest BCUT2D eigenvalue weighted by Crippen LogP contribution is -2.53. The predicted molar refractivity (Wildman–Crippen MR) is 143 cm³/mol. The third kappa shape index (κ3) is 4.35. The Morgan fingerprint density at radius 3 is 2.43 bits per heavy atom. The summed E-state index contributed by atoms with van der Waals surface area (Å²) in [6.45, 7) is 3.82. The van der Waals surface area contributed by atoms with Crippen LogP contribution in [0.15, 0.2) is 12.3 Å². The molecular formula is C29H40N6O2. The first kappa shape index (κ1) is 23.6. The molecule has 8 nitrogen and oxygen atoms in total. The van der Waals surface area contributed by atoms with Gasteiger partial charge in [-0.3, -0.25) is 14.5 Å². The molecule has 1 N–H and O–H groups in total. The quantitative estimate of drug-likeness (QED) is 0.667. The van der Waals surface area contributed by atoms with Gasteiger partial charge in [-0.05, 0) is 63.9 Å². The molecule has 1 spiro atoms. The monoisotopic (exact) mass is 504 g/mol. The van der Waals surface area contributed by atoms with Gasteiger partial charge in [0.1, 0.15) is 5.65 Å². The van der Waals surface area contributed by atoms with E-state index in [1.165, 1.54) is 32.1 Å². The number of fused-ring (bicyclic) bond motifs is 4. The van der Waals surface area contributed by atoms with Crippen molar-refractivity contribution in [3.8, 4) is 0 Å². The highest BCUT2D eigenvalue weighted by Crippen LogP contribution is 2.45. The second kappa shape index (κ2) is 9.37. The summed E-state index contributed by atoms with van der Waals surface area (Å²) in [4.78, 5) is 39.6. The highest BCUT2D eigenvalue weighted by Gasteiger charge is 2.41. The molecule has 198 valence electrons. The summed E-state index contributed by atoms with van der Waals surface area (Å²) in [5.74, 6) is 1.68. The molecule has 1 amide bonds. The third-order valence-corrected chi connectivity index (χ3v) is 10.0. The van der Waals surface area contributed by atoms with E-state index in [0.717, 1.165) is 87.9 Å². The standard InChI is InChI=1S/C29H40N6O2/c36-25-10-13-29(11-2-1-3-12-29)35-24(25)18-21-19-30-28(32-26(21)35)31-22-6-8-23(9-7-22)33-14-16-34(17-15-33)27(37)20-4-5-20/h18-20,22-23H,1-17H2,(H,30,31,32). The molecule has 0 atom stereocenters. The van der Waals surface area contributed by atoms with Crippen LogP contribution in [-0.2, 0) is 10.3 Å². The van der Waals surface area contributed by atoms with E-state index in [1.807, 2.05) is 12.3 Å². The van der Waals surface area contributed by atoms with Gasteiger partial charge in [0.25, 0.3) is 0 Å². The van der Waals surface area contributed by atoms with Crippen molar-refractivity contribution in [2.75, 3.05) is 31.5 Å². The van der Waals surface area contributed by atoms with Crippen molar-refractivity contribution in [3.63, 3.8) is 0 Å². The summed E-state index contributed by atoms with van der Waals surface area (Å²) in [7, 11) is 0. The predicted octanol–water partition coefficient (Wildman–Crippen LogP) is 4.34. The van der Waals surface area contributed by atoms with E-state index in [0.29, 0.717) is 36.3 Å². The fraction of sp³-hybridized carbons (Fsp3) is 0.724. The van der Waals surface area contributed by atoms with Gasteiger partial charge in [0.2, 0.25) is 11.9 Å². The normalized spacial score (nSPS) is 28.4. The second-order valence-corrected chi connectivity index (χ2v) is 12.3. The van der Waals surface area contributed by atoms with Gasteiger partial charge in [-0.25, -0.2) is 4.98 Å². The number of aromatic nitrogens is 3. The molecule has 2 aliphatic heterocycles. The molecule has 1 saturated heterocycles. The largest absolute Gasteiger partial charge is 0.351 e. The van der Waals surface area contributed by atoms with E-state index < -0.39 is 0 Å². The van der Waals surface area contributed by atoms with Crippen molar-refractivity contribution in [1.29, 1.82) is 0 Å². The number of nitrogens with one attached hydrogen (secondary N) is 1. The Balaban J connectivity index is 1.01. The Bertz CT molecular complexity index is 1180. The van der Waals surface area contributed by atoms with Crippen LogP contribution in [0.25, 0.3) is 11.0 Å². The van der Waals surface area contributed by atoms with E-state index in [1.54, 1.807) is 0 Å². The molecule has 8 heteroatoms. The third-order valence-electron chi connectivity index (χ3n) is 10.0. The Kier molecular flexibility index (Phi) is 5.98. The van der Waals surface area contributed by atoms with Gasteiger partial charge < -0.3 is 14.8 Å². The van der Waals surface area contributed by atoms with E-state index >= 15 is 0 Å². The molecule has 2 aromatic rings. The van der Waals surface area contributed by atoms with Crippen LogP contribution in [0.5, 0.6) is 0 Å². The lowest BCUT2D eigenvalue weighted by atomic mass is 9.75. The van der Waals surface area contributed by atoms with E-state index in [-0.39, 0.29) is 11.3 Å². The van der Waals surface area contributed by atoms with Crippen LogP contribution < -0.4 is 5.32 Å². The molecule has 37 heavy (non-hydrogen) atoms. The molecule has 7 rings (SSSR count). The maximum absolute atomic E-state index is 12.8. The fourth-order valence-corrected chi connectivity index (χ4v) is 7.68. The van der Waals surface area contributed by atoms with E-state index in [4.69, 9.17) is 4.98 Å². The number of Topliss-reactive ketones (excluding diaryl/α,β-unsaturated/α-hetero) is 1. The smallest absolute Gasteiger partial charge is 0.225 e. The SMILES string of the molecule is O=C1CCC2(CCCCC2)n2c1cc1cnc(NC3CCC(N4CCN(C(=O)C5CC5)CC4)CC3)nc12. The molecule has 0 radical (unpaired) electrons. The first-order chi connectivity index (χ1) is 18.1. The summed E-state index contributed by atoms with van der Waals surface area (Å²) in [5.41, 5.74) is 1.84. The summed E-state index contributed by atoms with van der Waals surface area (Å²) in [5, 5.41) is 4.63. The topological polar surface area (TPSA) is 83.4 Å².